The number of carbonyl (C=O) groups is 1. The molecule has 0 saturated heterocycles. The Balaban J connectivity index is 1.94. The van der Waals surface area contributed by atoms with Crippen molar-refractivity contribution < 1.29 is 4.79 Å². The van der Waals surface area contributed by atoms with Crippen molar-refractivity contribution in [3.63, 3.8) is 0 Å². The molecule has 0 aliphatic carbocycles. The Morgan fingerprint density at radius 2 is 1.90 bits per heavy atom. The summed E-state index contributed by atoms with van der Waals surface area (Å²) in [5.74, 6) is 1.42. The molecule has 0 fully saturated rings. The predicted molar refractivity (Wildman–Crippen MR) is 87.9 cm³/mol. The van der Waals surface area contributed by atoms with Gasteiger partial charge in [-0.3, -0.25) is 4.79 Å². The molecule has 0 amide bonds. The lowest BCUT2D eigenvalue weighted by Gasteiger charge is -2.07. The Morgan fingerprint density at radius 3 is 2.60 bits per heavy atom. The van der Waals surface area contributed by atoms with E-state index in [4.69, 9.17) is 11.6 Å². The van der Waals surface area contributed by atoms with E-state index in [2.05, 4.69) is 0 Å². The summed E-state index contributed by atoms with van der Waals surface area (Å²) in [6.45, 7) is 4.02. The second-order valence-corrected chi connectivity index (χ2v) is 6.22. The summed E-state index contributed by atoms with van der Waals surface area (Å²) >= 11 is 7.70. The average molecular weight is 305 g/mol. The summed E-state index contributed by atoms with van der Waals surface area (Å²) < 4.78 is 0. The minimum atomic E-state index is 0.180. The number of hydrogen-bond acceptors (Lipinski definition) is 2. The number of carbonyl (C=O) groups excluding carboxylic acids is 1. The van der Waals surface area contributed by atoms with Crippen LogP contribution in [0.25, 0.3) is 0 Å². The fourth-order valence-electron chi connectivity index (χ4n) is 2.07. The molecule has 0 aliphatic heterocycles. The van der Waals surface area contributed by atoms with Crippen molar-refractivity contribution in [2.45, 2.75) is 19.6 Å². The molecule has 0 spiro atoms. The van der Waals surface area contributed by atoms with Crippen LogP contribution in [-0.4, -0.2) is 11.5 Å². The molecule has 3 heteroatoms. The molecule has 1 nitrogen and oxygen atoms in total. The zero-order valence-corrected chi connectivity index (χ0v) is 13.2. The maximum atomic E-state index is 12.2. The number of hydrogen-bond donors (Lipinski definition) is 0. The van der Waals surface area contributed by atoms with Gasteiger partial charge in [-0.15, -0.1) is 11.8 Å². The van der Waals surface area contributed by atoms with Gasteiger partial charge in [0.15, 0.2) is 5.78 Å². The zero-order chi connectivity index (χ0) is 14.5. The lowest BCUT2D eigenvalue weighted by atomic mass is 10.0. The summed E-state index contributed by atoms with van der Waals surface area (Å²) in [6, 6.07) is 13.7. The largest absolute Gasteiger partial charge is 0.293 e. The Hall–Kier alpha value is -1.25. The monoisotopic (exact) mass is 304 g/mol. The first kappa shape index (κ1) is 15.1. The third kappa shape index (κ3) is 3.87. The van der Waals surface area contributed by atoms with Gasteiger partial charge in [-0.2, -0.15) is 0 Å². The second kappa shape index (κ2) is 6.96. The summed E-state index contributed by atoms with van der Waals surface area (Å²) in [7, 11) is 0. The molecule has 0 aromatic heterocycles. The van der Waals surface area contributed by atoms with Crippen LogP contribution in [0.3, 0.4) is 0 Å². The Morgan fingerprint density at radius 1 is 1.15 bits per heavy atom. The van der Waals surface area contributed by atoms with Crippen LogP contribution in [0.5, 0.6) is 0 Å². The first-order valence-electron chi connectivity index (χ1n) is 6.49. The van der Waals surface area contributed by atoms with Crippen LogP contribution in [0.15, 0.2) is 42.5 Å². The number of thioether (sulfide) groups is 1. The summed E-state index contributed by atoms with van der Waals surface area (Å²) in [6.07, 6.45) is 0. The smallest absolute Gasteiger partial charge is 0.172 e. The third-order valence-corrected chi connectivity index (χ3v) is 4.48. The van der Waals surface area contributed by atoms with Crippen LogP contribution >= 0.6 is 23.4 Å². The van der Waals surface area contributed by atoms with Crippen LogP contribution in [-0.2, 0) is 5.75 Å². The van der Waals surface area contributed by atoms with Crippen molar-refractivity contribution in [3.8, 4) is 0 Å². The van der Waals surface area contributed by atoms with Gasteiger partial charge in [-0.05, 0) is 31.0 Å². The number of halogens is 1. The lowest BCUT2D eigenvalue weighted by Crippen LogP contribution is -2.05. The van der Waals surface area contributed by atoms with Crippen molar-refractivity contribution in [1.82, 2.24) is 0 Å². The number of ketones is 1. The van der Waals surface area contributed by atoms with Gasteiger partial charge in [-0.25, -0.2) is 0 Å². The topological polar surface area (TPSA) is 17.1 Å². The van der Waals surface area contributed by atoms with E-state index in [0.717, 1.165) is 27.5 Å². The van der Waals surface area contributed by atoms with E-state index in [9.17, 15) is 4.79 Å². The standard InChI is InChI=1S/C17H17ClOS/c1-12-7-8-15(13(2)9-12)17(19)11-20-10-14-5-3-4-6-16(14)18/h3-9H,10-11H2,1-2H3. The lowest BCUT2D eigenvalue weighted by molar-refractivity contribution is 0.102. The number of rotatable bonds is 5. The molecule has 0 bridgehead atoms. The maximum absolute atomic E-state index is 12.2. The van der Waals surface area contributed by atoms with E-state index in [-0.39, 0.29) is 5.78 Å². The van der Waals surface area contributed by atoms with Crippen molar-refractivity contribution in [2.24, 2.45) is 0 Å². The van der Waals surface area contributed by atoms with Gasteiger partial charge in [0, 0.05) is 16.3 Å². The van der Waals surface area contributed by atoms with E-state index >= 15 is 0 Å². The zero-order valence-electron chi connectivity index (χ0n) is 11.7. The van der Waals surface area contributed by atoms with Gasteiger partial charge in [0.1, 0.15) is 0 Å². The normalized spacial score (nSPS) is 10.6. The molecule has 104 valence electrons. The molecule has 0 saturated carbocycles. The molecule has 2 rings (SSSR count). The summed E-state index contributed by atoms with van der Waals surface area (Å²) in [4.78, 5) is 12.2. The first-order valence-corrected chi connectivity index (χ1v) is 8.03. The molecule has 0 atom stereocenters. The SMILES string of the molecule is Cc1ccc(C(=O)CSCc2ccccc2Cl)c(C)c1. The minimum Gasteiger partial charge on any atom is -0.293 e. The second-order valence-electron chi connectivity index (χ2n) is 4.83. The molecular weight excluding hydrogens is 288 g/mol. The van der Waals surface area contributed by atoms with Crippen LogP contribution in [0.1, 0.15) is 27.0 Å². The van der Waals surface area contributed by atoms with Crippen molar-refractivity contribution in [3.05, 3.63) is 69.7 Å². The van der Waals surface area contributed by atoms with Gasteiger partial charge in [0.05, 0.1) is 5.75 Å². The molecule has 0 heterocycles. The molecular formula is C17H17ClOS. The van der Waals surface area contributed by atoms with Crippen LogP contribution < -0.4 is 0 Å². The van der Waals surface area contributed by atoms with E-state index in [1.165, 1.54) is 5.56 Å². The fraction of sp³-hybridized carbons (Fsp3) is 0.235. The highest BCUT2D eigenvalue weighted by atomic mass is 35.5. The summed E-state index contributed by atoms with van der Waals surface area (Å²) in [5.41, 5.74) is 4.13. The predicted octanol–water partition coefficient (Wildman–Crippen LogP) is 5.07. The molecule has 0 unspecified atom stereocenters. The van der Waals surface area contributed by atoms with Crippen molar-refractivity contribution >= 4 is 29.1 Å². The Labute approximate surface area is 129 Å². The molecule has 2 aromatic rings. The highest BCUT2D eigenvalue weighted by Gasteiger charge is 2.09. The van der Waals surface area contributed by atoms with Crippen LogP contribution in [0.2, 0.25) is 5.02 Å². The van der Waals surface area contributed by atoms with Crippen LogP contribution in [0, 0.1) is 13.8 Å². The van der Waals surface area contributed by atoms with Crippen molar-refractivity contribution in [2.75, 3.05) is 5.75 Å². The van der Waals surface area contributed by atoms with E-state index in [1.807, 2.05) is 56.3 Å². The highest BCUT2D eigenvalue weighted by Crippen LogP contribution is 2.22. The highest BCUT2D eigenvalue weighted by molar-refractivity contribution is 7.99. The maximum Gasteiger partial charge on any atom is 0.172 e. The van der Waals surface area contributed by atoms with E-state index in [0.29, 0.717) is 5.75 Å². The number of Topliss-reactive ketones (excluding diaryl/α,β-unsaturated/α-hetero) is 1. The Kier molecular flexibility index (Phi) is 5.27. The fourth-order valence-corrected chi connectivity index (χ4v) is 3.27. The van der Waals surface area contributed by atoms with Gasteiger partial charge in [-0.1, -0.05) is 53.6 Å². The molecule has 0 radical (unpaired) electrons. The molecule has 2 aromatic carbocycles. The average Bonchev–Trinajstić information content (AvgIpc) is 2.40. The Bertz CT molecular complexity index is 622. The van der Waals surface area contributed by atoms with Crippen molar-refractivity contribution in [1.29, 1.82) is 0 Å². The van der Waals surface area contributed by atoms with Gasteiger partial charge >= 0.3 is 0 Å². The quantitative estimate of drug-likeness (QED) is 0.717. The van der Waals surface area contributed by atoms with Crippen LogP contribution in [0.4, 0.5) is 0 Å². The van der Waals surface area contributed by atoms with E-state index in [1.54, 1.807) is 11.8 Å². The molecule has 0 aliphatic rings. The number of aryl methyl sites for hydroxylation is 2. The number of benzene rings is 2. The minimum absolute atomic E-state index is 0.180. The third-order valence-electron chi connectivity index (χ3n) is 3.13. The molecule has 20 heavy (non-hydrogen) atoms. The van der Waals surface area contributed by atoms with Gasteiger partial charge in [0.25, 0.3) is 0 Å². The van der Waals surface area contributed by atoms with Gasteiger partial charge < -0.3 is 0 Å². The molecule has 0 N–H and O–H groups in total. The van der Waals surface area contributed by atoms with E-state index < -0.39 is 0 Å². The van der Waals surface area contributed by atoms with Gasteiger partial charge in [0.2, 0.25) is 0 Å². The summed E-state index contributed by atoms with van der Waals surface area (Å²) in [5, 5.41) is 0.763. The first-order chi connectivity index (χ1) is 9.58.